The van der Waals surface area contributed by atoms with Gasteiger partial charge in [0.05, 0.1) is 5.56 Å². The predicted molar refractivity (Wildman–Crippen MR) is 159 cm³/mol. The lowest BCUT2D eigenvalue weighted by atomic mass is 9.40. The fourth-order valence-corrected chi connectivity index (χ4v) is 9.62. The fourth-order valence-electron chi connectivity index (χ4n) is 9.22. The minimum absolute atomic E-state index is 0.0384. The molecule has 7 atom stereocenters. The summed E-state index contributed by atoms with van der Waals surface area (Å²) in [7, 11) is 0. The van der Waals surface area contributed by atoms with Gasteiger partial charge in [-0.1, -0.05) is 19.9 Å². The second-order valence-corrected chi connectivity index (χ2v) is 14.3. The molecule has 3 saturated carbocycles. The summed E-state index contributed by atoms with van der Waals surface area (Å²) in [4.78, 5) is 27.7. The van der Waals surface area contributed by atoms with Gasteiger partial charge in [0.15, 0.2) is 0 Å². The van der Waals surface area contributed by atoms with Crippen molar-refractivity contribution in [2.75, 3.05) is 29.7 Å². The number of esters is 1. The van der Waals surface area contributed by atoms with Crippen LogP contribution in [0, 0.1) is 35.5 Å². The smallest absolute Gasteiger partial charge is 0.338 e. The second kappa shape index (κ2) is 11.1. The highest BCUT2D eigenvalue weighted by Crippen LogP contribution is 2.67. The summed E-state index contributed by atoms with van der Waals surface area (Å²) in [5.74, 6) is 2.94. The first-order chi connectivity index (χ1) is 18.5. The van der Waals surface area contributed by atoms with E-state index in [1.54, 1.807) is 0 Å². The minimum Gasteiger partial charge on any atom is -0.459 e. The number of piperidine rings is 1. The zero-order valence-corrected chi connectivity index (χ0v) is 25.7. The van der Waals surface area contributed by atoms with Crippen LogP contribution >= 0.6 is 23.2 Å². The SMILES string of the molecule is Cc1ccc(C(=O)O[C@@H]2CC[C@]3(C)[C@H]4CC[C@]5(C)NC(=O)CC[C@H]5[C@@H]4CC[C@@]3(C)C2)cc1N(CCCl)CCCl. The van der Waals surface area contributed by atoms with Crippen molar-refractivity contribution in [1.82, 2.24) is 5.32 Å². The molecule has 0 aromatic heterocycles. The Morgan fingerprint density at radius 1 is 1.03 bits per heavy atom. The molecule has 5 nitrogen and oxygen atoms in total. The molecule has 7 heteroatoms. The van der Waals surface area contributed by atoms with E-state index in [-0.39, 0.29) is 34.3 Å². The lowest BCUT2D eigenvalue weighted by Gasteiger charge is -2.66. The second-order valence-electron chi connectivity index (χ2n) is 13.6. The first kappa shape index (κ1) is 29.0. The average Bonchev–Trinajstić information content (AvgIpc) is 2.88. The molecule has 1 aromatic carbocycles. The van der Waals surface area contributed by atoms with E-state index in [0.29, 0.717) is 54.6 Å². The van der Waals surface area contributed by atoms with Crippen LogP contribution in [-0.2, 0) is 9.53 Å². The van der Waals surface area contributed by atoms with Gasteiger partial charge in [-0.15, -0.1) is 23.2 Å². The summed E-state index contributed by atoms with van der Waals surface area (Å²) in [6.07, 6.45) is 9.23. The number of amides is 1. The summed E-state index contributed by atoms with van der Waals surface area (Å²) in [6.45, 7) is 10.7. The molecule has 39 heavy (non-hydrogen) atoms. The standard InChI is InChI=1S/C32H46Cl2N2O3/c1-21-5-6-22(19-27(21)36(17-15-33)18-16-34)29(38)39-23-9-13-31(3)25-11-14-32(4)26(7-8-28(37)35-32)24(25)10-12-30(31,2)20-23/h5-6,19,23-26H,7-18,20H2,1-4H3,(H,35,37)/t23-,24-,25+,26+,30+,31-,32+/m1/s1. The third-order valence-corrected chi connectivity index (χ3v) is 11.9. The molecule has 1 heterocycles. The number of nitrogens with zero attached hydrogens (tertiary/aromatic N) is 1. The van der Waals surface area contributed by atoms with Gasteiger partial charge in [0.2, 0.25) is 5.91 Å². The van der Waals surface area contributed by atoms with Crippen molar-refractivity contribution in [3.8, 4) is 0 Å². The molecule has 3 aliphatic carbocycles. The first-order valence-electron chi connectivity index (χ1n) is 15.0. The number of halogens is 2. The van der Waals surface area contributed by atoms with Crippen LogP contribution in [0.15, 0.2) is 18.2 Å². The Kier molecular flexibility index (Phi) is 8.25. The van der Waals surface area contributed by atoms with E-state index in [4.69, 9.17) is 27.9 Å². The lowest BCUT2D eigenvalue weighted by molar-refractivity contribution is -0.171. The molecule has 4 aliphatic rings. The third kappa shape index (κ3) is 5.20. The molecule has 216 valence electrons. The molecule has 0 radical (unpaired) electrons. The minimum atomic E-state index is -0.231. The molecule has 1 N–H and O–H groups in total. The predicted octanol–water partition coefficient (Wildman–Crippen LogP) is 7.11. The van der Waals surface area contributed by atoms with Crippen LogP contribution in [0.4, 0.5) is 5.69 Å². The number of aryl methyl sites for hydroxylation is 1. The van der Waals surface area contributed by atoms with E-state index in [0.717, 1.165) is 43.4 Å². The maximum absolute atomic E-state index is 13.4. The van der Waals surface area contributed by atoms with Crippen LogP contribution in [0.3, 0.4) is 0 Å². The van der Waals surface area contributed by atoms with Gasteiger partial charge in [-0.2, -0.15) is 0 Å². The number of fused-ring (bicyclic) bond motifs is 5. The summed E-state index contributed by atoms with van der Waals surface area (Å²) in [6, 6.07) is 5.81. The highest BCUT2D eigenvalue weighted by molar-refractivity contribution is 6.18. The van der Waals surface area contributed by atoms with Crippen molar-refractivity contribution in [3.05, 3.63) is 29.3 Å². The first-order valence-corrected chi connectivity index (χ1v) is 16.1. The van der Waals surface area contributed by atoms with E-state index in [2.05, 4.69) is 31.0 Å². The average molecular weight is 578 g/mol. The van der Waals surface area contributed by atoms with Crippen LogP contribution in [-0.4, -0.2) is 48.4 Å². The van der Waals surface area contributed by atoms with Gasteiger partial charge >= 0.3 is 5.97 Å². The summed E-state index contributed by atoms with van der Waals surface area (Å²) in [5, 5.41) is 3.38. The van der Waals surface area contributed by atoms with Crippen LogP contribution in [0.1, 0.15) is 94.5 Å². The van der Waals surface area contributed by atoms with Crippen molar-refractivity contribution in [1.29, 1.82) is 0 Å². The van der Waals surface area contributed by atoms with Gasteiger partial charge < -0.3 is 15.0 Å². The molecule has 1 amide bonds. The Hall–Kier alpha value is -1.46. The number of alkyl halides is 2. The van der Waals surface area contributed by atoms with Gasteiger partial charge in [-0.05, 0) is 111 Å². The number of carbonyl (C=O) groups is 2. The van der Waals surface area contributed by atoms with Crippen molar-refractivity contribution in [3.63, 3.8) is 0 Å². The number of hydrogen-bond acceptors (Lipinski definition) is 4. The van der Waals surface area contributed by atoms with Gasteiger partial charge in [0.25, 0.3) is 0 Å². The van der Waals surface area contributed by atoms with E-state index < -0.39 is 0 Å². The Morgan fingerprint density at radius 2 is 1.77 bits per heavy atom. The molecule has 4 fully saturated rings. The summed E-state index contributed by atoms with van der Waals surface area (Å²) < 4.78 is 6.22. The topological polar surface area (TPSA) is 58.6 Å². The monoisotopic (exact) mass is 576 g/mol. The Bertz CT molecular complexity index is 1090. The molecule has 1 aliphatic heterocycles. The van der Waals surface area contributed by atoms with Crippen molar-refractivity contribution in [2.45, 2.75) is 97.1 Å². The van der Waals surface area contributed by atoms with Gasteiger partial charge in [0.1, 0.15) is 6.10 Å². The molecular formula is C32H46Cl2N2O3. The van der Waals surface area contributed by atoms with E-state index in [1.165, 1.54) is 19.3 Å². The van der Waals surface area contributed by atoms with Crippen molar-refractivity contribution < 1.29 is 14.3 Å². The molecule has 1 saturated heterocycles. The quantitative estimate of drug-likeness (QED) is 0.277. The molecule has 0 bridgehead atoms. The highest BCUT2D eigenvalue weighted by Gasteiger charge is 2.62. The Labute approximate surface area is 244 Å². The molecular weight excluding hydrogens is 531 g/mol. The molecule has 1 aromatic rings. The zero-order chi connectivity index (χ0) is 28.0. The molecule has 0 spiro atoms. The van der Waals surface area contributed by atoms with Gasteiger partial charge in [-0.25, -0.2) is 4.79 Å². The highest BCUT2D eigenvalue weighted by atomic mass is 35.5. The van der Waals surface area contributed by atoms with Crippen LogP contribution in [0.5, 0.6) is 0 Å². The van der Waals surface area contributed by atoms with E-state index in [9.17, 15) is 9.59 Å². The number of hydrogen-bond donors (Lipinski definition) is 1. The number of carbonyl (C=O) groups excluding carboxylic acids is 2. The number of nitrogens with one attached hydrogen (secondary N) is 1. The Morgan fingerprint density at radius 3 is 2.49 bits per heavy atom. The van der Waals surface area contributed by atoms with Crippen molar-refractivity contribution >= 4 is 40.8 Å². The largest absolute Gasteiger partial charge is 0.459 e. The van der Waals surface area contributed by atoms with Crippen molar-refractivity contribution in [2.24, 2.45) is 28.6 Å². The van der Waals surface area contributed by atoms with Crippen LogP contribution in [0.25, 0.3) is 0 Å². The molecule has 5 rings (SSSR count). The van der Waals surface area contributed by atoms with Gasteiger partial charge in [-0.3, -0.25) is 4.79 Å². The van der Waals surface area contributed by atoms with Crippen LogP contribution < -0.4 is 10.2 Å². The fraction of sp³-hybridized carbons (Fsp3) is 0.750. The maximum Gasteiger partial charge on any atom is 0.338 e. The number of rotatable bonds is 7. The summed E-state index contributed by atoms with van der Waals surface area (Å²) >= 11 is 12.1. The lowest BCUT2D eigenvalue weighted by Crippen LogP contribution is -2.65. The zero-order valence-electron chi connectivity index (χ0n) is 24.2. The van der Waals surface area contributed by atoms with E-state index >= 15 is 0 Å². The van der Waals surface area contributed by atoms with E-state index in [1.807, 2.05) is 25.1 Å². The third-order valence-electron chi connectivity index (χ3n) is 11.6. The summed E-state index contributed by atoms with van der Waals surface area (Å²) in [5.41, 5.74) is 3.04. The Balaban J connectivity index is 1.29. The molecule has 0 unspecified atom stereocenters. The number of ether oxygens (including phenoxy) is 1. The maximum atomic E-state index is 13.4. The number of benzene rings is 1. The van der Waals surface area contributed by atoms with Crippen LogP contribution in [0.2, 0.25) is 0 Å². The normalized spacial score (nSPS) is 37.6. The van der Waals surface area contributed by atoms with Gasteiger partial charge in [0, 0.05) is 42.5 Å². The number of anilines is 1.